The van der Waals surface area contributed by atoms with Gasteiger partial charge in [-0.1, -0.05) is 26.0 Å². The van der Waals surface area contributed by atoms with Crippen molar-refractivity contribution in [1.29, 1.82) is 0 Å². The van der Waals surface area contributed by atoms with Crippen LogP contribution in [0.3, 0.4) is 0 Å². The number of aliphatic carboxylic acids is 1. The fourth-order valence-electron chi connectivity index (χ4n) is 2.77. The highest BCUT2D eigenvalue weighted by Crippen LogP contribution is 2.52. The lowest BCUT2D eigenvalue weighted by Crippen LogP contribution is -2.26. The van der Waals surface area contributed by atoms with Gasteiger partial charge in [-0.2, -0.15) is 0 Å². The first kappa shape index (κ1) is 15.8. The summed E-state index contributed by atoms with van der Waals surface area (Å²) in [4.78, 5) is 11.6. The molecule has 1 aliphatic carbocycles. The van der Waals surface area contributed by atoms with Crippen LogP contribution in [0.15, 0.2) is 18.2 Å². The molecular formula is C17H24O4. The molecule has 4 heteroatoms. The van der Waals surface area contributed by atoms with Crippen LogP contribution in [0.2, 0.25) is 0 Å². The lowest BCUT2D eigenvalue weighted by molar-refractivity contribution is -0.140. The molecule has 0 saturated heterocycles. The summed E-state index contributed by atoms with van der Waals surface area (Å²) in [7, 11) is 1.68. The Kier molecular flexibility index (Phi) is 4.28. The van der Waals surface area contributed by atoms with Crippen LogP contribution in [0.4, 0.5) is 0 Å². The number of hydrogen-bond donors (Lipinski definition) is 1. The molecule has 0 heterocycles. The highest BCUT2D eigenvalue weighted by molar-refractivity contribution is 5.86. The maximum Gasteiger partial charge on any atom is 0.314 e. The van der Waals surface area contributed by atoms with Gasteiger partial charge in [0.1, 0.15) is 5.75 Å². The monoisotopic (exact) mass is 292 g/mol. The van der Waals surface area contributed by atoms with Crippen molar-refractivity contribution in [2.75, 3.05) is 20.3 Å². The van der Waals surface area contributed by atoms with Gasteiger partial charge in [-0.25, -0.2) is 0 Å². The molecule has 1 saturated carbocycles. The largest absolute Gasteiger partial charge is 0.494 e. The molecule has 0 amide bonds. The minimum Gasteiger partial charge on any atom is -0.494 e. The van der Waals surface area contributed by atoms with E-state index in [2.05, 4.69) is 13.8 Å². The summed E-state index contributed by atoms with van der Waals surface area (Å²) in [5, 5.41) is 9.57. The smallest absolute Gasteiger partial charge is 0.314 e. The molecule has 0 aliphatic heterocycles. The van der Waals surface area contributed by atoms with Crippen LogP contribution >= 0.6 is 0 Å². The zero-order valence-corrected chi connectivity index (χ0v) is 13.2. The number of carboxylic acid groups (broad SMARTS) is 1. The predicted molar refractivity (Wildman–Crippen MR) is 81.1 cm³/mol. The average molecular weight is 292 g/mol. The highest BCUT2D eigenvalue weighted by Gasteiger charge is 2.53. The molecule has 2 rings (SSSR count). The van der Waals surface area contributed by atoms with Gasteiger partial charge in [-0.15, -0.1) is 0 Å². The number of carbonyl (C=O) groups is 1. The predicted octanol–water partition coefficient (Wildman–Crippen LogP) is 3.13. The highest BCUT2D eigenvalue weighted by atomic mass is 16.5. The quantitative estimate of drug-likeness (QED) is 0.839. The fourth-order valence-corrected chi connectivity index (χ4v) is 2.77. The number of methoxy groups -OCH3 is 1. The van der Waals surface area contributed by atoms with Crippen LogP contribution in [0.1, 0.15) is 44.7 Å². The maximum atomic E-state index is 11.6. The van der Waals surface area contributed by atoms with Gasteiger partial charge in [0.15, 0.2) is 0 Å². The zero-order valence-electron chi connectivity index (χ0n) is 13.2. The van der Waals surface area contributed by atoms with E-state index in [1.165, 1.54) is 0 Å². The number of hydrogen-bond acceptors (Lipinski definition) is 3. The Balaban J connectivity index is 2.48. The Bertz CT molecular complexity index is 530. The van der Waals surface area contributed by atoms with Gasteiger partial charge in [0.05, 0.1) is 18.6 Å². The second kappa shape index (κ2) is 5.68. The fraction of sp³-hybridized carbons (Fsp3) is 0.588. The lowest BCUT2D eigenvalue weighted by atomic mass is 9.82. The minimum absolute atomic E-state index is 0.164. The van der Waals surface area contributed by atoms with Gasteiger partial charge in [0, 0.05) is 18.1 Å². The summed E-state index contributed by atoms with van der Waals surface area (Å²) in [6.45, 7) is 7.21. The lowest BCUT2D eigenvalue weighted by Gasteiger charge is -2.26. The molecule has 0 atom stereocenters. The molecule has 0 aromatic heterocycles. The van der Waals surface area contributed by atoms with Gasteiger partial charge >= 0.3 is 5.97 Å². The molecular weight excluding hydrogens is 268 g/mol. The second-order valence-electron chi connectivity index (χ2n) is 6.35. The topological polar surface area (TPSA) is 55.8 Å². The van der Waals surface area contributed by atoms with Crippen LogP contribution < -0.4 is 4.74 Å². The third-order valence-corrected chi connectivity index (χ3v) is 4.24. The van der Waals surface area contributed by atoms with E-state index in [0.29, 0.717) is 31.8 Å². The van der Waals surface area contributed by atoms with Crippen molar-refractivity contribution < 1.29 is 19.4 Å². The molecule has 1 aromatic rings. The molecule has 0 unspecified atom stereocenters. The molecule has 21 heavy (non-hydrogen) atoms. The van der Waals surface area contributed by atoms with Crippen LogP contribution in [-0.2, 0) is 20.4 Å². The SMILES string of the molecule is CCOc1ccc(C(C)(C)COC)cc1C1(C(=O)O)CC1. The van der Waals surface area contributed by atoms with Crippen molar-refractivity contribution >= 4 is 5.97 Å². The Hall–Kier alpha value is -1.55. The molecule has 0 spiro atoms. The van der Waals surface area contributed by atoms with Crippen molar-refractivity contribution in [3.8, 4) is 5.75 Å². The first-order valence-corrected chi connectivity index (χ1v) is 7.37. The first-order valence-electron chi connectivity index (χ1n) is 7.37. The molecule has 0 bridgehead atoms. The van der Waals surface area contributed by atoms with Gasteiger partial charge in [-0.05, 0) is 31.4 Å². The van der Waals surface area contributed by atoms with Gasteiger partial charge < -0.3 is 14.6 Å². The van der Waals surface area contributed by atoms with Crippen LogP contribution in [0.5, 0.6) is 5.75 Å². The molecule has 116 valence electrons. The number of ether oxygens (including phenoxy) is 2. The summed E-state index contributed by atoms with van der Waals surface area (Å²) < 4.78 is 10.9. The molecule has 4 nitrogen and oxygen atoms in total. The van der Waals surface area contributed by atoms with E-state index in [0.717, 1.165) is 11.1 Å². The maximum absolute atomic E-state index is 11.6. The van der Waals surface area contributed by atoms with Crippen molar-refractivity contribution in [3.05, 3.63) is 29.3 Å². The third-order valence-electron chi connectivity index (χ3n) is 4.24. The van der Waals surface area contributed by atoms with Crippen molar-refractivity contribution in [1.82, 2.24) is 0 Å². The molecule has 1 N–H and O–H groups in total. The summed E-state index contributed by atoms with van der Waals surface area (Å²) in [5.41, 5.74) is 0.959. The van der Waals surface area contributed by atoms with E-state index in [-0.39, 0.29) is 5.41 Å². The second-order valence-corrected chi connectivity index (χ2v) is 6.35. The van der Waals surface area contributed by atoms with Gasteiger partial charge in [0.25, 0.3) is 0 Å². The zero-order chi connectivity index (χ0) is 15.7. The molecule has 1 aliphatic rings. The number of benzene rings is 1. The number of carboxylic acids is 1. The summed E-state index contributed by atoms with van der Waals surface area (Å²) >= 11 is 0. The number of rotatable bonds is 7. The van der Waals surface area contributed by atoms with E-state index in [9.17, 15) is 9.90 Å². The molecule has 1 aromatic carbocycles. The van der Waals surface area contributed by atoms with Crippen molar-refractivity contribution in [3.63, 3.8) is 0 Å². The van der Waals surface area contributed by atoms with E-state index < -0.39 is 11.4 Å². The normalized spacial score (nSPS) is 16.6. The Labute approximate surface area is 126 Å². The van der Waals surface area contributed by atoms with Crippen LogP contribution in [-0.4, -0.2) is 31.4 Å². The standard InChI is InChI=1S/C17H24O4/c1-5-21-14-7-6-12(16(2,3)11-20-4)10-13(14)17(8-9-17)15(18)19/h6-7,10H,5,8-9,11H2,1-4H3,(H,18,19). The third kappa shape index (κ3) is 2.91. The van der Waals surface area contributed by atoms with E-state index in [1.54, 1.807) is 7.11 Å². The summed E-state index contributed by atoms with van der Waals surface area (Å²) in [6.07, 6.45) is 1.35. The van der Waals surface area contributed by atoms with Crippen molar-refractivity contribution in [2.24, 2.45) is 0 Å². The Morgan fingerprint density at radius 3 is 2.52 bits per heavy atom. The average Bonchev–Trinajstić information content (AvgIpc) is 3.20. The van der Waals surface area contributed by atoms with Crippen molar-refractivity contribution in [2.45, 2.75) is 44.4 Å². The summed E-state index contributed by atoms with van der Waals surface area (Å²) in [6, 6.07) is 5.89. The van der Waals surface area contributed by atoms with Crippen LogP contribution in [0.25, 0.3) is 0 Å². The van der Waals surface area contributed by atoms with E-state index >= 15 is 0 Å². The Morgan fingerprint density at radius 1 is 1.38 bits per heavy atom. The molecule has 1 fully saturated rings. The van der Waals surface area contributed by atoms with Crippen LogP contribution in [0, 0.1) is 0 Å². The van der Waals surface area contributed by atoms with E-state index in [1.807, 2.05) is 25.1 Å². The minimum atomic E-state index is -0.760. The van der Waals surface area contributed by atoms with E-state index in [4.69, 9.17) is 9.47 Å². The van der Waals surface area contributed by atoms with Gasteiger partial charge in [-0.3, -0.25) is 4.79 Å². The van der Waals surface area contributed by atoms with Gasteiger partial charge in [0.2, 0.25) is 0 Å². The summed E-state index contributed by atoms with van der Waals surface area (Å²) in [5.74, 6) is -0.0699. The molecule has 0 radical (unpaired) electrons. The first-order chi connectivity index (χ1) is 9.87. The Morgan fingerprint density at radius 2 is 2.05 bits per heavy atom.